The van der Waals surface area contributed by atoms with Gasteiger partial charge in [-0.25, -0.2) is 0 Å². The largest absolute Gasteiger partial charge is 0.394 e. The van der Waals surface area contributed by atoms with E-state index in [1.165, 1.54) is 19.3 Å². The average molecular weight is 306 g/mol. The summed E-state index contributed by atoms with van der Waals surface area (Å²) in [5.74, 6) is -0.555. The summed E-state index contributed by atoms with van der Waals surface area (Å²) < 4.78 is 0. The first-order valence-electron chi connectivity index (χ1n) is 7.81. The Kier molecular flexibility index (Phi) is 11.8. The number of carbonyl (C=O) groups excluding carboxylic acids is 1. The van der Waals surface area contributed by atoms with Crippen molar-refractivity contribution in [2.45, 2.75) is 82.7 Å². The number of unbranched alkanes of at least 4 members (excludes halogenated alkanes) is 6. The van der Waals surface area contributed by atoms with Gasteiger partial charge in [0, 0.05) is 6.42 Å². The van der Waals surface area contributed by atoms with E-state index in [2.05, 4.69) is 6.92 Å². The highest BCUT2D eigenvalue weighted by molar-refractivity contribution is 5.83. The Morgan fingerprint density at radius 2 is 1.38 bits per heavy atom. The SMILES string of the molecule is CCCCCCCCCC(=O)[C@H](O)[C@@H](O)[C@H](O)[C@H](O)CO. The first-order valence-corrected chi connectivity index (χ1v) is 7.81. The third kappa shape index (κ3) is 8.48. The number of Topliss-reactive ketones (excluding diaryl/α,β-unsaturated/α-hetero) is 1. The number of hydrogen-bond acceptors (Lipinski definition) is 6. The van der Waals surface area contributed by atoms with Crippen LogP contribution in [0.1, 0.15) is 58.3 Å². The van der Waals surface area contributed by atoms with Gasteiger partial charge in [0.1, 0.15) is 24.4 Å². The molecular formula is C15H30O6. The third-order valence-electron chi connectivity index (χ3n) is 3.61. The van der Waals surface area contributed by atoms with Gasteiger partial charge in [-0.1, -0.05) is 45.4 Å². The van der Waals surface area contributed by atoms with Crippen LogP contribution in [0, 0.1) is 0 Å². The number of ketones is 1. The van der Waals surface area contributed by atoms with Crippen molar-refractivity contribution < 1.29 is 30.3 Å². The summed E-state index contributed by atoms with van der Waals surface area (Å²) in [6, 6.07) is 0. The van der Waals surface area contributed by atoms with Gasteiger partial charge in [-0.15, -0.1) is 0 Å². The summed E-state index contributed by atoms with van der Waals surface area (Å²) in [4.78, 5) is 11.7. The maximum Gasteiger partial charge on any atom is 0.164 e. The van der Waals surface area contributed by atoms with Gasteiger partial charge in [-0.3, -0.25) is 4.79 Å². The lowest BCUT2D eigenvalue weighted by molar-refractivity contribution is -0.147. The topological polar surface area (TPSA) is 118 Å². The highest BCUT2D eigenvalue weighted by atomic mass is 16.4. The zero-order valence-corrected chi connectivity index (χ0v) is 12.8. The highest BCUT2D eigenvalue weighted by Gasteiger charge is 2.33. The molecule has 0 aliphatic carbocycles. The van der Waals surface area contributed by atoms with Crippen LogP contribution in [0.25, 0.3) is 0 Å². The van der Waals surface area contributed by atoms with Gasteiger partial charge in [-0.2, -0.15) is 0 Å². The maximum atomic E-state index is 11.7. The summed E-state index contributed by atoms with van der Waals surface area (Å²) in [5.41, 5.74) is 0. The fourth-order valence-corrected chi connectivity index (χ4v) is 2.12. The van der Waals surface area contributed by atoms with Crippen LogP contribution in [0.5, 0.6) is 0 Å². The lowest BCUT2D eigenvalue weighted by Gasteiger charge is -2.24. The second-order valence-corrected chi connectivity index (χ2v) is 5.51. The van der Waals surface area contributed by atoms with E-state index in [1.54, 1.807) is 0 Å². The van der Waals surface area contributed by atoms with Crippen molar-refractivity contribution >= 4 is 5.78 Å². The van der Waals surface area contributed by atoms with Crippen molar-refractivity contribution in [1.29, 1.82) is 0 Å². The molecule has 0 saturated carbocycles. The van der Waals surface area contributed by atoms with Crippen molar-refractivity contribution in [3.05, 3.63) is 0 Å². The van der Waals surface area contributed by atoms with Crippen LogP contribution in [0.2, 0.25) is 0 Å². The number of hydrogen-bond donors (Lipinski definition) is 5. The molecule has 0 aromatic carbocycles. The zero-order chi connectivity index (χ0) is 16.3. The predicted octanol–water partition coefficient (Wildman–Crippen LogP) is 0.132. The van der Waals surface area contributed by atoms with Crippen LogP contribution >= 0.6 is 0 Å². The normalized spacial score (nSPS) is 17.2. The molecule has 0 rings (SSSR count). The number of rotatable bonds is 13. The van der Waals surface area contributed by atoms with E-state index in [0.717, 1.165) is 19.3 Å². The maximum absolute atomic E-state index is 11.7. The lowest BCUT2D eigenvalue weighted by atomic mass is 9.97. The molecular weight excluding hydrogens is 276 g/mol. The molecule has 126 valence electrons. The molecule has 0 unspecified atom stereocenters. The van der Waals surface area contributed by atoms with Crippen molar-refractivity contribution in [3.8, 4) is 0 Å². The van der Waals surface area contributed by atoms with Crippen LogP contribution in [0.3, 0.4) is 0 Å². The van der Waals surface area contributed by atoms with Gasteiger partial charge < -0.3 is 25.5 Å². The number of aliphatic hydroxyl groups is 5. The van der Waals surface area contributed by atoms with Gasteiger partial charge in [0.15, 0.2) is 5.78 Å². The second kappa shape index (κ2) is 12.1. The van der Waals surface area contributed by atoms with Crippen molar-refractivity contribution in [2.75, 3.05) is 6.61 Å². The summed E-state index contributed by atoms with van der Waals surface area (Å²) in [5, 5.41) is 46.4. The molecule has 0 heterocycles. The van der Waals surface area contributed by atoms with Crippen LogP contribution in [0.15, 0.2) is 0 Å². The molecule has 0 saturated heterocycles. The van der Waals surface area contributed by atoms with E-state index in [0.29, 0.717) is 6.42 Å². The van der Waals surface area contributed by atoms with Gasteiger partial charge in [-0.05, 0) is 6.42 Å². The standard InChI is InChI=1S/C15H30O6/c1-2-3-4-5-6-7-8-9-11(17)13(19)15(21)14(20)12(18)10-16/h12-16,18-21H,2-10H2,1H3/t12-,13+,14-,15-/m1/s1. The number of carbonyl (C=O) groups is 1. The monoisotopic (exact) mass is 306 g/mol. The van der Waals surface area contributed by atoms with E-state index in [4.69, 9.17) is 10.2 Å². The quantitative estimate of drug-likeness (QED) is 0.309. The Morgan fingerprint density at radius 3 is 1.90 bits per heavy atom. The molecule has 4 atom stereocenters. The summed E-state index contributed by atoms with van der Waals surface area (Å²) in [6.45, 7) is 1.39. The molecule has 0 aromatic heterocycles. The smallest absolute Gasteiger partial charge is 0.164 e. The molecule has 0 spiro atoms. The van der Waals surface area contributed by atoms with Gasteiger partial charge in [0.2, 0.25) is 0 Å². The van der Waals surface area contributed by atoms with E-state index >= 15 is 0 Å². The van der Waals surface area contributed by atoms with Crippen molar-refractivity contribution in [1.82, 2.24) is 0 Å². The summed E-state index contributed by atoms with van der Waals surface area (Å²) in [7, 11) is 0. The first kappa shape index (κ1) is 20.5. The van der Waals surface area contributed by atoms with Crippen LogP contribution < -0.4 is 0 Å². The summed E-state index contributed by atoms with van der Waals surface area (Å²) >= 11 is 0. The molecule has 6 nitrogen and oxygen atoms in total. The molecule has 0 aliphatic heterocycles. The molecule has 6 heteroatoms. The Hall–Kier alpha value is -0.530. The minimum Gasteiger partial charge on any atom is -0.394 e. The molecule has 0 amide bonds. The Labute approximate surface area is 126 Å². The Balaban J connectivity index is 3.89. The first-order chi connectivity index (χ1) is 9.95. The molecule has 21 heavy (non-hydrogen) atoms. The summed E-state index contributed by atoms with van der Waals surface area (Å²) in [6.07, 6.45) is 0.569. The zero-order valence-electron chi connectivity index (χ0n) is 12.8. The molecule has 0 bridgehead atoms. The van der Waals surface area contributed by atoms with Gasteiger partial charge in [0.25, 0.3) is 0 Å². The van der Waals surface area contributed by atoms with Gasteiger partial charge >= 0.3 is 0 Å². The predicted molar refractivity (Wildman–Crippen MR) is 78.7 cm³/mol. The molecule has 5 N–H and O–H groups in total. The highest BCUT2D eigenvalue weighted by Crippen LogP contribution is 2.12. The Bertz CT molecular complexity index is 271. The van der Waals surface area contributed by atoms with E-state index < -0.39 is 36.8 Å². The van der Waals surface area contributed by atoms with Gasteiger partial charge in [0.05, 0.1) is 6.61 Å². The van der Waals surface area contributed by atoms with E-state index in [-0.39, 0.29) is 6.42 Å². The van der Waals surface area contributed by atoms with Crippen LogP contribution in [-0.4, -0.2) is 62.3 Å². The van der Waals surface area contributed by atoms with Crippen molar-refractivity contribution in [2.24, 2.45) is 0 Å². The van der Waals surface area contributed by atoms with E-state index in [9.17, 15) is 20.1 Å². The second-order valence-electron chi connectivity index (χ2n) is 5.51. The fraction of sp³-hybridized carbons (Fsp3) is 0.933. The fourth-order valence-electron chi connectivity index (χ4n) is 2.12. The van der Waals surface area contributed by atoms with Crippen LogP contribution in [-0.2, 0) is 4.79 Å². The molecule has 0 aromatic rings. The molecule has 0 fully saturated rings. The Morgan fingerprint density at radius 1 is 0.857 bits per heavy atom. The minimum absolute atomic E-state index is 0.133. The van der Waals surface area contributed by atoms with E-state index in [1.807, 2.05) is 0 Å². The number of aliphatic hydroxyl groups excluding tert-OH is 5. The molecule has 0 aliphatic rings. The third-order valence-corrected chi connectivity index (χ3v) is 3.61. The van der Waals surface area contributed by atoms with Crippen molar-refractivity contribution in [3.63, 3.8) is 0 Å². The lowest BCUT2D eigenvalue weighted by Crippen LogP contribution is -2.48. The average Bonchev–Trinajstić information content (AvgIpc) is 2.50. The minimum atomic E-state index is -1.79. The molecule has 0 radical (unpaired) electrons. The van der Waals surface area contributed by atoms with Crippen LogP contribution in [0.4, 0.5) is 0 Å².